The Morgan fingerprint density at radius 2 is 2.29 bits per heavy atom. The van der Waals surface area contributed by atoms with Crippen LogP contribution in [0.2, 0.25) is 0 Å². The topological polar surface area (TPSA) is 66.1 Å². The Hall–Kier alpha value is -1.65. The minimum Gasteiger partial charge on any atom is -0.299 e. The number of ketones is 1. The zero-order valence-electron chi connectivity index (χ0n) is 7.91. The molecular weight excluding hydrogens is 182 g/mol. The van der Waals surface area contributed by atoms with Gasteiger partial charge in [0, 0.05) is 24.7 Å². The molecule has 1 aromatic heterocycles. The Bertz CT molecular complexity index is 383. The van der Waals surface area contributed by atoms with Crippen LogP contribution in [-0.2, 0) is 9.59 Å². The van der Waals surface area contributed by atoms with Crippen molar-refractivity contribution < 1.29 is 9.59 Å². The second-order valence-electron chi connectivity index (χ2n) is 3.42. The number of nitrogens with one attached hydrogen (secondary N) is 1. The number of rotatable bonds is 1. The maximum Gasteiger partial charge on any atom is 0.235 e. The number of carbonyl (C=O) groups is 2. The molecule has 1 fully saturated rings. The number of hydrogen-bond donors (Lipinski definition) is 1. The summed E-state index contributed by atoms with van der Waals surface area (Å²) in [7, 11) is 0. The molecule has 0 radical (unpaired) electrons. The standard InChI is InChI=1S/C9H11N3O2/c1-6-4-8(11-10-6)12-3-2-7(13)5-9(12)14/h4H,2-3,5H2,1H3,(H,10,11). The Balaban J connectivity index is 2.19. The largest absolute Gasteiger partial charge is 0.299 e. The van der Waals surface area contributed by atoms with Crippen molar-refractivity contribution in [3.05, 3.63) is 11.8 Å². The molecule has 0 bridgehead atoms. The summed E-state index contributed by atoms with van der Waals surface area (Å²) < 4.78 is 0. The van der Waals surface area contributed by atoms with E-state index in [2.05, 4.69) is 10.2 Å². The van der Waals surface area contributed by atoms with Crippen molar-refractivity contribution in [3.63, 3.8) is 0 Å². The number of Topliss-reactive ketones (excluding diaryl/α,β-unsaturated/α-hetero) is 1. The molecule has 0 unspecified atom stereocenters. The minimum absolute atomic E-state index is 0.00586. The van der Waals surface area contributed by atoms with E-state index in [1.54, 1.807) is 11.0 Å². The van der Waals surface area contributed by atoms with Crippen molar-refractivity contribution in [1.29, 1.82) is 0 Å². The van der Waals surface area contributed by atoms with Crippen molar-refractivity contribution in [2.24, 2.45) is 0 Å². The van der Waals surface area contributed by atoms with E-state index in [1.165, 1.54) is 0 Å². The van der Waals surface area contributed by atoms with E-state index in [0.29, 0.717) is 18.8 Å². The van der Waals surface area contributed by atoms with Crippen LogP contribution in [0.25, 0.3) is 0 Å². The molecule has 0 atom stereocenters. The molecule has 1 aromatic rings. The molecule has 2 heterocycles. The molecule has 1 aliphatic rings. The highest BCUT2D eigenvalue weighted by atomic mass is 16.2. The second-order valence-corrected chi connectivity index (χ2v) is 3.42. The molecule has 0 aromatic carbocycles. The number of amides is 1. The van der Waals surface area contributed by atoms with E-state index in [0.717, 1.165) is 5.69 Å². The highest BCUT2D eigenvalue weighted by Gasteiger charge is 2.25. The number of H-pyrrole nitrogens is 1. The average molecular weight is 193 g/mol. The maximum atomic E-state index is 11.5. The summed E-state index contributed by atoms with van der Waals surface area (Å²) in [6.45, 7) is 2.32. The number of piperidine rings is 1. The normalized spacial score (nSPS) is 17.6. The predicted molar refractivity (Wildman–Crippen MR) is 49.9 cm³/mol. The second kappa shape index (κ2) is 3.25. The van der Waals surface area contributed by atoms with Gasteiger partial charge in [-0.05, 0) is 6.92 Å². The van der Waals surface area contributed by atoms with Crippen LogP contribution in [0.5, 0.6) is 0 Å². The lowest BCUT2D eigenvalue weighted by Gasteiger charge is -2.23. The van der Waals surface area contributed by atoms with Crippen molar-refractivity contribution >= 4 is 17.5 Å². The van der Waals surface area contributed by atoms with Gasteiger partial charge in [-0.15, -0.1) is 0 Å². The third-order valence-corrected chi connectivity index (χ3v) is 2.23. The number of anilines is 1. The molecule has 1 aliphatic heterocycles. The fourth-order valence-corrected chi connectivity index (χ4v) is 1.50. The number of hydrogen-bond acceptors (Lipinski definition) is 3. The smallest absolute Gasteiger partial charge is 0.235 e. The molecule has 14 heavy (non-hydrogen) atoms. The first-order valence-corrected chi connectivity index (χ1v) is 4.51. The van der Waals surface area contributed by atoms with E-state index in [4.69, 9.17) is 0 Å². The molecule has 5 heteroatoms. The van der Waals surface area contributed by atoms with Gasteiger partial charge in [0.05, 0.1) is 6.42 Å². The Labute approximate surface area is 81.1 Å². The molecule has 0 aliphatic carbocycles. The highest BCUT2D eigenvalue weighted by Crippen LogP contribution is 2.17. The van der Waals surface area contributed by atoms with Gasteiger partial charge in [-0.2, -0.15) is 5.10 Å². The van der Waals surface area contributed by atoms with Crippen molar-refractivity contribution in [1.82, 2.24) is 10.2 Å². The van der Waals surface area contributed by atoms with Gasteiger partial charge in [-0.3, -0.25) is 19.6 Å². The van der Waals surface area contributed by atoms with Crippen molar-refractivity contribution in [3.8, 4) is 0 Å². The Morgan fingerprint density at radius 3 is 2.86 bits per heavy atom. The van der Waals surface area contributed by atoms with Crippen molar-refractivity contribution in [2.75, 3.05) is 11.4 Å². The third kappa shape index (κ3) is 1.53. The van der Waals surface area contributed by atoms with Gasteiger partial charge in [0.25, 0.3) is 0 Å². The number of carbonyl (C=O) groups excluding carboxylic acids is 2. The van der Waals surface area contributed by atoms with Gasteiger partial charge in [0.2, 0.25) is 5.91 Å². The summed E-state index contributed by atoms with van der Waals surface area (Å²) in [5.41, 5.74) is 0.907. The van der Waals surface area contributed by atoms with Crippen LogP contribution in [0.1, 0.15) is 18.5 Å². The van der Waals surface area contributed by atoms with Crippen LogP contribution in [0.3, 0.4) is 0 Å². The van der Waals surface area contributed by atoms with Crippen LogP contribution >= 0.6 is 0 Å². The molecule has 1 amide bonds. The van der Waals surface area contributed by atoms with Gasteiger partial charge in [-0.1, -0.05) is 0 Å². The summed E-state index contributed by atoms with van der Waals surface area (Å²) >= 11 is 0. The number of aromatic nitrogens is 2. The molecule has 0 saturated carbocycles. The van der Waals surface area contributed by atoms with Gasteiger partial charge in [-0.25, -0.2) is 0 Å². The first-order chi connectivity index (χ1) is 6.66. The van der Waals surface area contributed by atoms with Crippen LogP contribution < -0.4 is 4.90 Å². The fraction of sp³-hybridized carbons (Fsp3) is 0.444. The molecular formula is C9H11N3O2. The summed E-state index contributed by atoms with van der Waals surface area (Å²) in [5.74, 6) is 0.464. The average Bonchev–Trinajstić information content (AvgIpc) is 2.51. The van der Waals surface area contributed by atoms with E-state index < -0.39 is 0 Å². The molecule has 2 rings (SSSR count). The number of aryl methyl sites for hydroxylation is 1. The van der Waals surface area contributed by atoms with E-state index in [-0.39, 0.29) is 18.1 Å². The molecule has 5 nitrogen and oxygen atoms in total. The molecule has 0 spiro atoms. The van der Waals surface area contributed by atoms with Crippen LogP contribution in [0.4, 0.5) is 5.82 Å². The van der Waals surface area contributed by atoms with E-state index in [9.17, 15) is 9.59 Å². The van der Waals surface area contributed by atoms with Gasteiger partial charge in [0.1, 0.15) is 5.78 Å². The Kier molecular flexibility index (Phi) is 2.07. The highest BCUT2D eigenvalue weighted by molar-refractivity contribution is 6.08. The number of nitrogens with zero attached hydrogens (tertiary/aromatic N) is 2. The quantitative estimate of drug-likeness (QED) is 0.657. The van der Waals surface area contributed by atoms with Crippen molar-refractivity contribution in [2.45, 2.75) is 19.8 Å². The lowest BCUT2D eigenvalue weighted by molar-refractivity contribution is -0.128. The third-order valence-electron chi connectivity index (χ3n) is 2.23. The molecule has 1 saturated heterocycles. The van der Waals surface area contributed by atoms with Crippen LogP contribution in [0.15, 0.2) is 6.07 Å². The SMILES string of the molecule is Cc1cc(N2CCC(=O)CC2=O)n[nH]1. The summed E-state index contributed by atoms with van der Waals surface area (Å²) in [6, 6.07) is 1.80. The monoisotopic (exact) mass is 193 g/mol. The predicted octanol–water partition coefficient (Wildman–Crippen LogP) is 0.414. The van der Waals surface area contributed by atoms with E-state index in [1.807, 2.05) is 6.92 Å². The number of aromatic amines is 1. The summed E-state index contributed by atoms with van der Waals surface area (Å²) in [5, 5.41) is 6.75. The Morgan fingerprint density at radius 1 is 1.50 bits per heavy atom. The van der Waals surface area contributed by atoms with Gasteiger partial charge < -0.3 is 0 Å². The van der Waals surface area contributed by atoms with Gasteiger partial charge >= 0.3 is 0 Å². The first-order valence-electron chi connectivity index (χ1n) is 4.51. The van der Waals surface area contributed by atoms with Crippen LogP contribution in [-0.4, -0.2) is 28.4 Å². The van der Waals surface area contributed by atoms with Gasteiger partial charge in [0.15, 0.2) is 5.82 Å². The van der Waals surface area contributed by atoms with E-state index >= 15 is 0 Å². The first kappa shape index (κ1) is 8.93. The fourth-order valence-electron chi connectivity index (χ4n) is 1.50. The molecule has 74 valence electrons. The zero-order chi connectivity index (χ0) is 10.1. The summed E-state index contributed by atoms with van der Waals surface area (Å²) in [4.78, 5) is 24.0. The molecule has 1 N–H and O–H groups in total. The lowest BCUT2D eigenvalue weighted by atomic mass is 10.1. The zero-order valence-corrected chi connectivity index (χ0v) is 7.91. The lowest BCUT2D eigenvalue weighted by Crippen LogP contribution is -2.39. The maximum absolute atomic E-state index is 11.5. The minimum atomic E-state index is -0.159. The van der Waals surface area contributed by atoms with Crippen LogP contribution in [0, 0.1) is 6.92 Å². The summed E-state index contributed by atoms with van der Waals surface area (Å²) in [6.07, 6.45) is 0.434.